The van der Waals surface area contributed by atoms with Gasteiger partial charge in [-0.2, -0.15) is 11.8 Å². The molecule has 0 aliphatic heterocycles. The first-order valence-corrected chi connectivity index (χ1v) is 8.86. The van der Waals surface area contributed by atoms with Gasteiger partial charge in [-0.1, -0.05) is 26.0 Å². The maximum Gasteiger partial charge on any atom is 0.241 e. The van der Waals surface area contributed by atoms with Crippen LogP contribution in [0.3, 0.4) is 0 Å². The molecule has 0 bridgehead atoms. The summed E-state index contributed by atoms with van der Waals surface area (Å²) in [6, 6.07) is 7.55. The summed E-state index contributed by atoms with van der Waals surface area (Å²) in [6.45, 7) is 7.24. The van der Waals surface area contributed by atoms with Crippen LogP contribution in [0.25, 0.3) is 0 Å². The summed E-state index contributed by atoms with van der Waals surface area (Å²) in [4.78, 5) is 14.3. The van der Waals surface area contributed by atoms with Crippen molar-refractivity contribution < 1.29 is 4.79 Å². The molecule has 6 heteroatoms. The number of hydrogen-bond donors (Lipinski definition) is 2. The van der Waals surface area contributed by atoms with Crippen LogP contribution < -0.4 is 11.1 Å². The number of halogens is 1. The van der Waals surface area contributed by atoms with E-state index in [2.05, 4.69) is 30.1 Å². The summed E-state index contributed by atoms with van der Waals surface area (Å²) in [5.41, 5.74) is 7.91. The maximum absolute atomic E-state index is 12.0. The normalized spacial score (nSPS) is 11.9. The Balaban J connectivity index is 0.00000441. The molecule has 126 valence electrons. The predicted molar refractivity (Wildman–Crippen MR) is 99.9 cm³/mol. The number of hydrogen-bond acceptors (Lipinski definition) is 4. The van der Waals surface area contributed by atoms with Gasteiger partial charge in [0.2, 0.25) is 5.91 Å². The third kappa shape index (κ3) is 7.49. The van der Waals surface area contributed by atoms with Crippen molar-refractivity contribution in [1.29, 1.82) is 0 Å². The van der Waals surface area contributed by atoms with Crippen molar-refractivity contribution in [1.82, 2.24) is 4.90 Å². The minimum atomic E-state index is -0.441. The Morgan fingerprint density at radius 1 is 1.36 bits per heavy atom. The lowest BCUT2D eigenvalue weighted by Gasteiger charge is -2.18. The maximum atomic E-state index is 12.0. The predicted octanol–water partition coefficient (Wildman–Crippen LogP) is 2.97. The summed E-state index contributed by atoms with van der Waals surface area (Å²) in [5.74, 6) is 0.792. The molecule has 0 fully saturated rings. The monoisotopic (exact) mass is 345 g/mol. The zero-order chi connectivity index (χ0) is 15.7. The van der Waals surface area contributed by atoms with E-state index in [1.807, 2.05) is 24.5 Å². The van der Waals surface area contributed by atoms with Crippen LogP contribution in [0.2, 0.25) is 0 Å². The first-order valence-electron chi connectivity index (χ1n) is 7.47. The molecule has 1 aromatic carbocycles. The van der Waals surface area contributed by atoms with E-state index in [1.54, 1.807) is 11.8 Å². The number of carbonyl (C=O) groups is 1. The van der Waals surface area contributed by atoms with Crippen LogP contribution in [-0.4, -0.2) is 41.9 Å². The number of carbonyl (C=O) groups excluding carboxylic acids is 1. The molecule has 1 amide bonds. The van der Waals surface area contributed by atoms with E-state index < -0.39 is 6.04 Å². The van der Waals surface area contributed by atoms with E-state index in [9.17, 15) is 4.79 Å². The van der Waals surface area contributed by atoms with Gasteiger partial charge in [0.15, 0.2) is 0 Å². The molecule has 1 aromatic rings. The highest BCUT2D eigenvalue weighted by Gasteiger charge is 2.13. The second kappa shape index (κ2) is 11.8. The lowest BCUT2D eigenvalue weighted by molar-refractivity contribution is -0.117. The second-order valence-electron chi connectivity index (χ2n) is 5.04. The SMILES string of the molecule is CCN(CC)Cc1cccc(NC(=O)[C@@H](N)CCSC)c1.Cl. The number of nitrogens with one attached hydrogen (secondary N) is 1. The van der Waals surface area contributed by atoms with E-state index in [-0.39, 0.29) is 18.3 Å². The number of thioether (sulfide) groups is 1. The molecular weight excluding hydrogens is 318 g/mol. The topological polar surface area (TPSA) is 58.4 Å². The van der Waals surface area contributed by atoms with Crippen LogP contribution in [-0.2, 0) is 11.3 Å². The molecule has 3 N–H and O–H groups in total. The Morgan fingerprint density at radius 2 is 2.05 bits per heavy atom. The molecule has 0 radical (unpaired) electrons. The van der Waals surface area contributed by atoms with E-state index in [0.717, 1.165) is 31.1 Å². The average molecular weight is 346 g/mol. The van der Waals surface area contributed by atoms with Crippen molar-refractivity contribution in [2.45, 2.75) is 32.9 Å². The Labute approximate surface area is 144 Å². The number of nitrogens with zero attached hydrogens (tertiary/aromatic N) is 1. The molecule has 0 unspecified atom stereocenters. The number of rotatable bonds is 9. The van der Waals surface area contributed by atoms with Crippen molar-refractivity contribution >= 4 is 35.8 Å². The van der Waals surface area contributed by atoms with Gasteiger partial charge in [-0.05, 0) is 49.2 Å². The number of nitrogens with two attached hydrogens (primary N) is 1. The molecule has 0 saturated heterocycles. The van der Waals surface area contributed by atoms with Crippen molar-refractivity contribution in [2.75, 3.05) is 30.4 Å². The Kier molecular flexibility index (Phi) is 11.4. The molecular formula is C16H28ClN3OS. The number of anilines is 1. The summed E-state index contributed by atoms with van der Waals surface area (Å²) in [7, 11) is 0. The van der Waals surface area contributed by atoms with Crippen molar-refractivity contribution in [3.63, 3.8) is 0 Å². The van der Waals surface area contributed by atoms with Gasteiger partial charge in [0, 0.05) is 12.2 Å². The quantitative estimate of drug-likeness (QED) is 0.722. The molecule has 0 heterocycles. The highest BCUT2D eigenvalue weighted by Crippen LogP contribution is 2.13. The van der Waals surface area contributed by atoms with Crippen molar-refractivity contribution in [2.24, 2.45) is 5.73 Å². The van der Waals surface area contributed by atoms with Crippen molar-refractivity contribution in [3.05, 3.63) is 29.8 Å². The highest BCUT2D eigenvalue weighted by molar-refractivity contribution is 7.98. The Morgan fingerprint density at radius 3 is 2.64 bits per heavy atom. The largest absolute Gasteiger partial charge is 0.325 e. The lowest BCUT2D eigenvalue weighted by atomic mass is 10.1. The molecule has 22 heavy (non-hydrogen) atoms. The van der Waals surface area contributed by atoms with E-state index in [1.165, 1.54) is 5.56 Å². The van der Waals surface area contributed by atoms with Gasteiger partial charge in [-0.3, -0.25) is 9.69 Å². The van der Waals surface area contributed by atoms with Gasteiger partial charge in [0.25, 0.3) is 0 Å². The minimum Gasteiger partial charge on any atom is -0.325 e. The van der Waals surface area contributed by atoms with Crippen LogP contribution in [0.5, 0.6) is 0 Å². The van der Waals surface area contributed by atoms with E-state index >= 15 is 0 Å². The van der Waals surface area contributed by atoms with Crippen LogP contribution in [0.15, 0.2) is 24.3 Å². The van der Waals surface area contributed by atoms with Gasteiger partial charge in [-0.25, -0.2) is 0 Å². The zero-order valence-electron chi connectivity index (χ0n) is 13.7. The summed E-state index contributed by atoms with van der Waals surface area (Å²) >= 11 is 1.70. The molecule has 4 nitrogen and oxygen atoms in total. The third-order valence-electron chi connectivity index (χ3n) is 3.46. The highest BCUT2D eigenvalue weighted by atomic mass is 35.5. The van der Waals surface area contributed by atoms with Gasteiger partial charge in [0.05, 0.1) is 6.04 Å². The smallest absolute Gasteiger partial charge is 0.241 e. The van der Waals surface area contributed by atoms with Gasteiger partial charge < -0.3 is 11.1 Å². The van der Waals surface area contributed by atoms with Crippen LogP contribution in [0.1, 0.15) is 25.8 Å². The first-order chi connectivity index (χ1) is 10.1. The summed E-state index contributed by atoms with van der Waals surface area (Å²) in [6.07, 6.45) is 2.72. The lowest BCUT2D eigenvalue weighted by Crippen LogP contribution is -2.36. The molecule has 1 rings (SSSR count). The minimum absolute atomic E-state index is 0. The standard InChI is InChI=1S/C16H27N3OS.ClH/c1-4-19(5-2)12-13-7-6-8-14(11-13)18-16(20)15(17)9-10-21-3;/h6-8,11,15H,4-5,9-10,12,17H2,1-3H3,(H,18,20);1H/t15-;/m0./s1. The number of benzene rings is 1. The van der Waals surface area contributed by atoms with Gasteiger partial charge in [-0.15, -0.1) is 12.4 Å². The van der Waals surface area contributed by atoms with Crippen LogP contribution in [0.4, 0.5) is 5.69 Å². The molecule has 1 atom stereocenters. The fraction of sp³-hybridized carbons (Fsp3) is 0.562. The number of amides is 1. The Hall–Kier alpha value is -0.750. The molecule has 0 aliphatic carbocycles. The second-order valence-corrected chi connectivity index (χ2v) is 6.02. The molecule has 0 aromatic heterocycles. The fourth-order valence-corrected chi connectivity index (χ4v) is 2.55. The molecule has 0 spiro atoms. The summed E-state index contributed by atoms with van der Waals surface area (Å²) in [5, 5.41) is 2.91. The first kappa shape index (κ1) is 21.2. The summed E-state index contributed by atoms with van der Waals surface area (Å²) < 4.78 is 0. The Bertz CT molecular complexity index is 441. The molecule has 0 aliphatic rings. The van der Waals surface area contributed by atoms with Gasteiger partial charge in [0.1, 0.15) is 0 Å². The van der Waals surface area contributed by atoms with Crippen LogP contribution in [0, 0.1) is 0 Å². The van der Waals surface area contributed by atoms with E-state index in [0.29, 0.717) is 6.42 Å². The average Bonchev–Trinajstić information content (AvgIpc) is 2.50. The third-order valence-corrected chi connectivity index (χ3v) is 4.11. The van der Waals surface area contributed by atoms with Gasteiger partial charge >= 0.3 is 0 Å². The fourth-order valence-electron chi connectivity index (χ4n) is 2.06. The van der Waals surface area contributed by atoms with Crippen LogP contribution >= 0.6 is 24.2 Å². The van der Waals surface area contributed by atoms with Crippen molar-refractivity contribution in [3.8, 4) is 0 Å². The van der Waals surface area contributed by atoms with E-state index in [4.69, 9.17) is 5.73 Å². The zero-order valence-corrected chi connectivity index (χ0v) is 15.3. The molecule has 0 saturated carbocycles.